The number of unbranched alkanes of at least 4 members (excludes halogenated alkanes) is 6. The van der Waals surface area contributed by atoms with E-state index in [2.05, 4.69) is 0 Å². The minimum Gasteiger partial charge on any atom is -0.198 e. The lowest BCUT2D eigenvalue weighted by atomic mass is 10.2. The Bertz CT molecular complexity index is 231. The van der Waals surface area contributed by atoms with E-state index in [1.807, 2.05) is 24.3 Å². The molecule has 4 nitrogen and oxygen atoms in total. The molecule has 0 aliphatic rings. The lowest BCUT2D eigenvalue weighted by Gasteiger charge is -1.83. The third kappa shape index (κ3) is 22.7. The van der Waals surface area contributed by atoms with Crippen LogP contribution >= 0.6 is 0 Å². The summed E-state index contributed by atoms with van der Waals surface area (Å²) in [6.07, 6.45) is 5.80. The van der Waals surface area contributed by atoms with Crippen molar-refractivity contribution >= 4 is 0 Å². The fraction of sp³-hybridized carbons (Fsp3) is 0.667. The highest BCUT2D eigenvalue weighted by molar-refractivity contribution is 4.73. The van der Waals surface area contributed by atoms with E-state index >= 15 is 0 Å². The molecule has 84 valence electrons. The first-order chi connectivity index (χ1) is 7.83. The van der Waals surface area contributed by atoms with Crippen molar-refractivity contribution < 1.29 is 0 Å². The van der Waals surface area contributed by atoms with E-state index in [1.54, 1.807) is 0 Å². The Hall–Kier alpha value is -2.04. The molecule has 0 spiro atoms. The van der Waals surface area contributed by atoms with Gasteiger partial charge in [0.05, 0.1) is 24.3 Å². The van der Waals surface area contributed by atoms with E-state index in [0.717, 1.165) is 25.7 Å². The topological polar surface area (TPSA) is 95.2 Å². The second kappa shape index (κ2) is 18.7. The standard InChI is InChI=1S/2C6H8N2/c2*7-5-3-1-2-4-6-8/h2*1-4H2. The first-order valence-electron chi connectivity index (χ1n) is 5.31. The summed E-state index contributed by atoms with van der Waals surface area (Å²) in [5.74, 6) is 0. The lowest BCUT2D eigenvalue weighted by Crippen LogP contribution is -1.70. The van der Waals surface area contributed by atoms with Gasteiger partial charge in [0.15, 0.2) is 0 Å². The van der Waals surface area contributed by atoms with Crippen LogP contribution in [0.5, 0.6) is 0 Å². The lowest BCUT2D eigenvalue weighted by molar-refractivity contribution is 0.773. The molecule has 0 aromatic rings. The number of nitrogens with zero attached hydrogens (tertiary/aromatic N) is 4. The van der Waals surface area contributed by atoms with Crippen molar-refractivity contribution in [1.82, 2.24) is 0 Å². The first-order valence-corrected chi connectivity index (χ1v) is 5.31. The molecule has 0 aromatic carbocycles. The molecule has 0 aliphatic carbocycles. The number of hydrogen-bond acceptors (Lipinski definition) is 4. The Morgan fingerprint density at radius 1 is 0.438 bits per heavy atom. The third-order valence-corrected chi connectivity index (χ3v) is 1.65. The molecule has 0 aliphatic heterocycles. The minimum atomic E-state index is 0.585. The quantitative estimate of drug-likeness (QED) is 0.637. The first kappa shape index (κ1) is 16.4. The van der Waals surface area contributed by atoms with Crippen LogP contribution in [-0.2, 0) is 0 Å². The van der Waals surface area contributed by atoms with Crippen molar-refractivity contribution in [3.05, 3.63) is 0 Å². The molecule has 0 N–H and O–H groups in total. The van der Waals surface area contributed by atoms with E-state index in [1.165, 1.54) is 0 Å². The summed E-state index contributed by atoms with van der Waals surface area (Å²) in [5.41, 5.74) is 0. The Morgan fingerprint density at radius 3 is 0.750 bits per heavy atom. The van der Waals surface area contributed by atoms with Gasteiger partial charge in [-0.05, 0) is 25.7 Å². The van der Waals surface area contributed by atoms with Gasteiger partial charge in [0.1, 0.15) is 0 Å². The van der Waals surface area contributed by atoms with Crippen molar-refractivity contribution in [1.29, 1.82) is 21.0 Å². The molecule has 0 fully saturated rings. The molecule has 0 bridgehead atoms. The van der Waals surface area contributed by atoms with Crippen LogP contribution in [0, 0.1) is 45.3 Å². The minimum absolute atomic E-state index is 0.585. The molecule has 0 atom stereocenters. The highest BCUT2D eigenvalue weighted by atomic mass is 14.2. The van der Waals surface area contributed by atoms with Crippen molar-refractivity contribution in [3.63, 3.8) is 0 Å². The zero-order valence-corrected chi connectivity index (χ0v) is 9.45. The fourth-order valence-electron chi connectivity index (χ4n) is 0.816. The Balaban J connectivity index is 0. The monoisotopic (exact) mass is 216 g/mol. The maximum absolute atomic E-state index is 8.03. The average Bonchev–Trinajstić information content (AvgIpc) is 2.31. The summed E-state index contributed by atoms with van der Waals surface area (Å²) >= 11 is 0. The van der Waals surface area contributed by atoms with E-state index in [4.69, 9.17) is 21.0 Å². The van der Waals surface area contributed by atoms with Crippen LogP contribution in [0.1, 0.15) is 51.4 Å². The molecule has 0 rings (SSSR count). The second-order valence-electron chi connectivity index (χ2n) is 3.05. The van der Waals surface area contributed by atoms with Gasteiger partial charge >= 0.3 is 0 Å². The van der Waals surface area contributed by atoms with E-state index in [9.17, 15) is 0 Å². The summed E-state index contributed by atoms with van der Waals surface area (Å²) < 4.78 is 0. The highest BCUT2D eigenvalue weighted by Crippen LogP contribution is 1.96. The number of hydrogen-bond donors (Lipinski definition) is 0. The largest absolute Gasteiger partial charge is 0.198 e. The molecule has 0 aromatic heterocycles. The second-order valence-corrected chi connectivity index (χ2v) is 3.05. The summed E-state index contributed by atoms with van der Waals surface area (Å²) in [6, 6.07) is 8.07. The Morgan fingerprint density at radius 2 is 0.625 bits per heavy atom. The molecule has 4 heteroatoms. The summed E-state index contributed by atoms with van der Waals surface area (Å²) in [7, 11) is 0. The third-order valence-electron chi connectivity index (χ3n) is 1.65. The number of nitriles is 4. The van der Waals surface area contributed by atoms with Crippen LogP contribution in [0.4, 0.5) is 0 Å². The van der Waals surface area contributed by atoms with Crippen LogP contribution < -0.4 is 0 Å². The van der Waals surface area contributed by atoms with Crippen molar-refractivity contribution in [2.45, 2.75) is 51.4 Å². The zero-order valence-electron chi connectivity index (χ0n) is 9.45. The molecule has 0 saturated carbocycles. The van der Waals surface area contributed by atoms with Gasteiger partial charge in [0.25, 0.3) is 0 Å². The summed E-state index contributed by atoms with van der Waals surface area (Å²) in [4.78, 5) is 0. The zero-order chi connectivity index (χ0) is 12.5. The highest BCUT2D eigenvalue weighted by Gasteiger charge is 1.83. The van der Waals surface area contributed by atoms with Gasteiger partial charge in [-0.15, -0.1) is 0 Å². The fourth-order valence-corrected chi connectivity index (χ4v) is 0.816. The van der Waals surface area contributed by atoms with Gasteiger partial charge in [0.2, 0.25) is 0 Å². The van der Waals surface area contributed by atoms with Gasteiger partial charge in [-0.2, -0.15) is 21.0 Å². The maximum Gasteiger partial charge on any atom is 0.0621 e. The molecule has 16 heavy (non-hydrogen) atoms. The smallest absolute Gasteiger partial charge is 0.0621 e. The SMILES string of the molecule is N#CCCCCC#N.N#CCCCCC#N. The number of rotatable bonds is 6. The van der Waals surface area contributed by atoms with Crippen LogP contribution in [0.3, 0.4) is 0 Å². The Kier molecular flexibility index (Phi) is 19.1. The molecular weight excluding hydrogens is 200 g/mol. The molecule has 0 heterocycles. The molecule has 0 amide bonds. The van der Waals surface area contributed by atoms with E-state index in [-0.39, 0.29) is 0 Å². The summed E-state index contributed by atoms with van der Waals surface area (Å²) in [6.45, 7) is 0. The van der Waals surface area contributed by atoms with E-state index in [0.29, 0.717) is 25.7 Å². The van der Waals surface area contributed by atoms with Crippen molar-refractivity contribution in [2.24, 2.45) is 0 Å². The van der Waals surface area contributed by atoms with Gasteiger partial charge in [0, 0.05) is 25.7 Å². The normalized spacial score (nSPS) is 7.25. The van der Waals surface area contributed by atoms with Gasteiger partial charge in [-0.3, -0.25) is 0 Å². The van der Waals surface area contributed by atoms with Crippen molar-refractivity contribution in [3.8, 4) is 24.3 Å². The summed E-state index contributed by atoms with van der Waals surface area (Å²) in [5, 5.41) is 32.1. The maximum atomic E-state index is 8.03. The van der Waals surface area contributed by atoms with Gasteiger partial charge < -0.3 is 0 Å². The van der Waals surface area contributed by atoms with Crippen LogP contribution in [-0.4, -0.2) is 0 Å². The average molecular weight is 216 g/mol. The predicted octanol–water partition coefficient (Wildman–Crippen LogP) is 3.19. The Labute approximate surface area is 97.3 Å². The van der Waals surface area contributed by atoms with Crippen molar-refractivity contribution in [2.75, 3.05) is 0 Å². The molecule has 0 radical (unpaired) electrons. The van der Waals surface area contributed by atoms with Crippen LogP contribution in [0.15, 0.2) is 0 Å². The molecule has 0 saturated heterocycles. The predicted molar refractivity (Wildman–Crippen MR) is 59.4 cm³/mol. The van der Waals surface area contributed by atoms with Crippen LogP contribution in [0.25, 0.3) is 0 Å². The molecular formula is C12H16N4. The van der Waals surface area contributed by atoms with Crippen LogP contribution in [0.2, 0.25) is 0 Å². The van der Waals surface area contributed by atoms with E-state index < -0.39 is 0 Å². The molecule has 0 unspecified atom stereocenters. The van der Waals surface area contributed by atoms with Gasteiger partial charge in [-0.25, -0.2) is 0 Å². The van der Waals surface area contributed by atoms with Gasteiger partial charge in [-0.1, -0.05) is 0 Å².